The maximum absolute atomic E-state index is 12.3. The van der Waals surface area contributed by atoms with E-state index in [4.69, 9.17) is 0 Å². The molecule has 1 N–H and O–H groups in total. The highest BCUT2D eigenvalue weighted by Crippen LogP contribution is 2.32. The Morgan fingerprint density at radius 2 is 2.09 bits per heavy atom. The van der Waals surface area contributed by atoms with Crippen LogP contribution in [-0.2, 0) is 6.54 Å². The molecule has 5 nitrogen and oxygen atoms in total. The van der Waals surface area contributed by atoms with Gasteiger partial charge in [0.25, 0.3) is 5.91 Å². The number of nitrogens with one attached hydrogen (secondary N) is 1. The molecule has 2 aromatic heterocycles. The normalized spacial score (nSPS) is 11.2. The molecule has 0 aliphatic carbocycles. The molecular weight excluding hydrogens is 308 g/mol. The van der Waals surface area contributed by atoms with Gasteiger partial charge in [0.1, 0.15) is 0 Å². The van der Waals surface area contributed by atoms with Crippen molar-refractivity contribution in [1.82, 2.24) is 14.8 Å². The van der Waals surface area contributed by atoms with Crippen molar-refractivity contribution in [2.75, 3.05) is 5.32 Å². The number of benzene rings is 2. The lowest BCUT2D eigenvalue weighted by molar-refractivity contribution is 0.102. The van der Waals surface area contributed by atoms with E-state index in [2.05, 4.69) is 27.5 Å². The monoisotopic (exact) mass is 322 g/mol. The Hall–Kier alpha value is -2.73. The standard InChI is InChI=1S/C17H14N4OS/c1-2-21-10-9-14(20-21)16(22)19-17-18-13-8-7-11-5-3-4-6-12(11)15(13)23-17/h3-10H,2H2,1H3,(H,18,19,22). The molecule has 0 spiro atoms. The van der Waals surface area contributed by atoms with Gasteiger partial charge in [-0.2, -0.15) is 5.10 Å². The summed E-state index contributed by atoms with van der Waals surface area (Å²) in [5.74, 6) is -0.236. The number of fused-ring (bicyclic) bond motifs is 3. The number of anilines is 1. The van der Waals surface area contributed by atoms with Gasteiger partial charge in [-0.25, -0.2) is 4.98 Å². The lowest BCUT2D eigenvalue weighted by Gasteiger charge is -1.97. The molecule has 23 heavy (non-hydrogen) atoms. The molecule has 0 fully saturated rings. The maximum atomic E-state index is 12.3. The number of aryl methyl sites for hydroxylation is 1. The highest BCUT2D eigenvalue weighted by atomic mass is 32.1. The number of thiazole rings is 1. The van der Waals surface area contributed by atoms with Crippen molar-refractivity contribution in [3.63, 3.8) is 0 Å². The molecule has 6 heteroatoms. The first-order valence-electron chi connectivity index (χ1n) is 7.37. The van der Waals surface area contributed by atoms with Crippen LogP contribution in [0, 0.1) is 0 Å². The van der Waals surface area contributed by atoms with Gasteiger partial charge in [0.2, 0.25) is 0 Å². The number of aromatic nitrogens is 3. The summed E-state index contributed by atoms with van der Waals surface area (Å²) < 4.78 is 2.80. The number of hydrogen-bond acceptors (Lipinski definition) is 4. The van der Waals surface area contributed by atoms with Gasteiger partial charge in [-0.15, -0.1) is 0 Å². The molecule has 0 saturated carbocycles. The predicted molar refractivity (Wildman–Crippen MR) is 93.0 cm³/mol. The molecule has 0 saturated heterocycles. The Bertz CT molecular complexity index is 1020. The van der Waals surface area contributed by atoms with E-state index in [0.29, 0.717) is 10.8 Å². The quantitative estimate of drug-likeness (QED) is 0.622. The fraction of sp³-hybridized carbons (Fsp3) is 0.118. The first-order valence-corrected chi connectivity index (χ1v) is 8.19. The van der Waals surface area contributed by atoms with Gasteiger partial charge < -0.3 is 0 Å². The third kappa shape index (κ3) is 2.47. The van der Waals surface area contributed by atoms with Crippen molar-refractivity contribution >= 4 is 43.4 Å². The number of amides is 1. The minimum atomic E-state index is -0.236. The molecule has 0 atom stereocenters. The van der Waals surface area contributed by atoms with Gasteiger partial charge in [-0.3, -0.25) is 14.8 Å². The zero-order valence-electron chi connectivity index (χ0n) is 12.5. The van der Waals surface area contributed by atoms with Crippen molar-refractivity contribution in [2.45, 2.75) is 13.5 Å². The number of rotatable bonds is 3. The number of carbonyl (C=O) groups excluding carboxylic acids is 1. The summed E-state index contributed by atoms with van der Waals surface area (Å²) in [6, 6.07) is 13.9. The number of nitrogens with zero attached hydrogens (tertiary/aromatic N) is 3. The number of carbonyl (C=O) groups is 1. The molecule has 0 unspecified atom stereocenters. The largest absolute Gasteiger partial charge is 0.296 e. The fourth-order valence-corrected chi connectivity index (χ4v) is 3.52. The van der Waals surface area contributed by atoms with Gasteiger partial charge in [0.15, 0.2) is 10.8 Å². The van der Waals surface area contributed by atoms with Crippen molar-refractivity contribution < 1.29 is 4.79 Å². The van der Waals surface area contributed by atoms with E-state index in [-0.39, 0.29) is 5.91 Å². The molecule has 2 aromatic carbocycles. The second kappa shape index (κ2) is 5.48. The lowest BCUT2D eigenvalue weighted by Crippen LogP contribution is -2.13. The molecule has 1 amide bonds. The minimum Gasteiger partial charge on any atom is -0.296 e. The molecule has 0 radical (unpaired) electrons. The summed E-state index contributed by atoms with van der Waals surface area (Å²) in [4.78, 5) is 16.8. The van der Waals surface area contributed by atoms with E-state index < -0.39 is 0 Å². The zero-order valence-corrected chi connectivity index (χ0v) is 13.3. The molecular formula is C17H14N4OS. The Kier molecular flexibility index (Phi) is 3.31. The van der Waals surface area contributed by atoms with E-state index in [1.54, 1.807) is 16.9 Å². The highest BCUT2D eigenvalue weighted by molar-refractivity contribution is 7.23. The van der Waals surface area contributed by atoms with Gasteiger partial charge in [0.05, 0.1) is 10.2 Å². The van der Waals surface area contributed by atoms with Crippen molar-refractivity contribution in [2.24, 2.45) is 0 Å². The van der Waals surface area contributed by atoms with Crippen LogP contribution in [0.5, 0.6) is 0 Å². The molecule has 114 valence electrons. The second-order valence-corrected chi connectivity index (χ2v) is 6.16. The van der Waals surface area contributed by atoms with Crippen LogP contribution in [0.25, 0.3) is 21.0 Å². The third-order valence-corrected chi connectivity index (χ3v) is 4.72. The van der Waals surface area contributed by atoms with Gasteiger partial charge >= 0.3 is 0 Å². The van der Waals surface area contributed by atoms with Gasteiger partial charge in [-0.1, -0.05) is 41.7 Å². The Morgan fingerprint density at radius 3 is 2.91 bits per heavy atom. The summed E-state index contributed by atoms with van der Waals surface area (Å²) >= 11 is 1.48. The van der Waals surface area contributed by atoms with Crippen LogP contribution in [0.3, 0.4) is 0 Å². The smallest absolute Gasteiger partial charge is 0.277 e. The molecule has 4 aromatic rings. The van der Waals surface area contributed by atoms with Crippen molar-refractivity contribution in [3.8, 4) is 0 Å². The Labute approximate surface area is 136 Å². The van der Waals surface area contributed by atoms with E-state index in [0.717, 1.165) is 22.1 Å². The third-order valence-electron chi connectivity index (χ3n) is 3.70. The SMILES string of the molecule is CCn1ccc(C(=O)Nc2nc3ccc4ccccc4c3s2)n1. The van der Waals surface area contributed by atoms with Gasteiger partial charge in [0, 0.05) is 18.1 Å². The Balaban J connectivity index is 1.69. The van der Waals surface area contributed by atoms with Crippen molar-refractivity contribution in [1.29, 1.82) is 0 Å². The summed E-state index contributed by atoms with van der Waals surface area (Å²) in [6.07, 6.45) is 1.79. The average molecular weight is 322 g/mol. The van der Waals surface area contributed by atoms with Gasteiger partial charge in [-0.05, 0) is 24.4 Å². The van der Waals surface area contributed by atoms with E-state index in [1.807, 2.05) is 31.2 Å². The maximum Gasteiger partial charge on any atom is 0.277 e. The van der Waals surface area contributed by atoms with E-state index >= 15 is 0 Å². The lowest BCUT2D eigenvalue weighted by atomic mass is 10.1. The first-order chi connectivity index (χ1) is 11.2. The summed E-state index contributed by atoms with van der Waals surface area (Å²) in [5, 5.41) is 9.96. The van der Waals surface area contributed by atoms with Crippen LogP contribution in [0.1, 0.15) is 17.4 Å². The van der Waals surface area contributed by atoms with E-state index in [9.17, 15) is 4.79 Å². The van der Waals surface area contributed by atoms with E-state index in [1.165, 1.54) is 16.7 Å². The van der Waals surface area contributed by atoms with Crippen LogP contribution in [-0.4, -0.2) is 20.7 Å². The van der Waals surface area contributed by atoms with Crippen LogP contribution >= 0.6 is 11.3 Å². The Morgan fingerprint density at radius 1 is 1.22 bits per heavy atom. The number of hydrogen-bond donors (Lipinski definition) is 1. The molecule has 2 heterocycles. The fourth-order valence-electron chi connectivity index (χ4n) is 2.53. The van der Waals surface area contributed by atoms with Crippen LogP contribution in [0.2, 0.25) is 0 Å². The molecule has 0 aliphatic heterocycles. The molecule has 0 aliphatic rings. The first kappa shape index (κ1) is 13.9. The summed E-state index contributed by atoms with van der Waals surface area (Å²) in [5.41, 5.74) is 1.29. The van der Waals surface area contributed by atoms with Crippen LogP contribution in [0.15, 0.2) is 48.7 Å². The van der Waals surface area contributed by atoms with Crippen LogP contribution < -0.4 is 5.32 Å². The second-order valence-electron chi connectivity index (χ2n) is 5.16. The zero-order chi connectivity index (χ0) is 15.8. The average Bonchev–Trinajstić information content (AvgIpc) is 3.21. The topological polar surface area (TPSA) is 59.8 Å². The predicted octanol–water partition coefficient (Wildman–Crippen LogP) is 3.92. The minimum absolute atomic E-state index is 0.236. The highest BCUT2D eigenvalue weighted by Gasteiger charge is 2.13. The van der Waals surface area contributed by atoms with Crippen LogP contribution in [0.4, 0.5) is 5.13 Å². The summed E-state index contributed by atoms with van der Waals surface area (Å²) in [7, 11) is 0. The molecule has 4 rings (SSSR count). The van der Waals surface area contributed by atoms with Crippen molar-refractivity contribution in [3.05, 3.63) is 54.4 Å². The summed E-state index contributed by atoms with van der Waals surface area (Å²) in [6.45, 7) is 2.72. The molecule has 0 bridgehead atoms.